The highest BCUT2D eigenvalue weighted by Gasteiger charge is 2.20. The van der Waals surface area contributed by atoms with Crippen molar-refractivity contribution >= 4 is 54.5 Å². The van der Waals surface area contributed by atoms with Crippen LogP contribution in [0.1, 0.15) is 0 Å². The van der Waals surface area contributed by atoms with Crippen LogP contribution in [-0.4, -0.2) is 19.5 Å². The Hall–Kier alpha value is -7.37. The number of rotatable bonds is 5. The Labute approximate surface area is 310 Å². The number of benzene rings is 8. The van der Waals surface area contributed by atoms with E-state index in [1.165, 1.54) is 16.3 Å². The summed E-state index contributed by atoms with van der Waals surface area (Å²) in [5, 5.41) is 6.89. The minimum absolute atomic E-state index is 0.580. The number of fused-ring (bicyclic) bond motifs is 7. The molecule has 0 bridgehead atoms. The molecule has 5 heteroatoms. The average Bonchev–Trinajstić information content (AvgIpc) is 3.79. The molecule has 0 N–H and O–H groups in total. The summed E-state index contributed by atoms with van der Waals surface area (Å²) in [7, 11) is 0. The zero-order valence-electron chi connectivity index (χ0n) is 29.0. The molecule has 0 spiro atoms. The zero-order chi connectivity index (χ0) is 35.6. The molecule has 11 aromatic rings. The van der Waals surface area contributed by atoms with E-state index in [1.807, 2.05) is 72.8 Å². The fourth-order valence-corrected chi connectivity index (χ4v) is 8.01. The third-order valence-corrected chi connectivity index (χ3v) is 10.5. The third-order valence-electron chi connectivity index (χ3n) is 10.5. The summed E-state index contributed by atoms with van der Waals surface area (Å²) in [6.45, 7) is 0. The van der Waals surface area contributed by atoms with Crippen LogP contribution in [0.2, 0.25) is 0 Å². The normalized spacial score (nSPS) is 11.7. The van der Waals surface area contributed by atoms with E-state index in [-0.39, 0.29) is 0 Å². The summed E-state index contributed by atoms with van der Waals surface area (Å²) in [5.41, 5.74) is 10.3. The standard InChI is InChI=1S/C49H30N4O/c1-3-14-31(15-4-1)47-50-48(32-16-5-2-6-17-32)52-49(51-47)53-43-26-9-7-18-38(43)42-30-33(28-29-44(42)53)34-20-11-22-36-35(34)21-12-23-37(36)40-24-13-25-41-39-19-8-10-27-45(39)54-46(40)41/h1-30H. The second-order valence-corrected chi connectivity index (χ2v) is 13.6. The van der Waals surface area contributed by atoms with Gasteiger partial charge >= 0.3 is 0 Å². The van der Waals surface area contributed by atoms with E-state index in [9.17, 15) is 0 Å². The largest absolute Gasteiger partial charge is 0.455 e. The summed E-state index contributed by atoms with van der Waals surface area (Å²) in [6.07, 6.45) is 0. The van der Waals surface area contributed by atoms with E-state index < -0.39 is 0 Å². The molecule has 5 nitrogen and oxygen atoms in total. The number of aromatic nitrogens is 4. The molecular formula is C49H30N4O. The molecule has 0 amide bonds. The molecule has 3 heterocycles. The van der Waals surface area contributed by atoms with Gasteiger partial charge in [-0.2, -0.15) is 9.97 Å². The molecule has 3 aromatic heterocycles. The Balaban J connectivity index is 1.10. The molecule has 0 unspecified atom stereocenters. The van der Waals surface area contributed by atoms with E-state index in [1.54, 1.807) is 0 Å². The number of para-hydroxylation sites is 3. The minimum Gasteiger partial charge on any atom is -0.455 e. The van der Waals surface area contributed by atoms with Crippen LogP contribution >= 0.6 is 0 Å². The lowest BCUT2D eigenvalue weighted by Crippen LogP contribution is -2.06. The van der Waals surface area contributed by atoms with Crippen LogP contribution in [0.25, 0.3) is 105 Å². The van der Waals surface area contributed by atoms with E-state index in [4.69, 9.17) is 19.4 Å². The molecule has 54 heavy (non-hydrogen) atoms. The van der Waals surface area contributed by atoms with Crippen molar-refractivity contribution < 1.29 is 4.42 Å². The van der Waals surface area contributed by atoms with Crippen molar-refractivity contribution in [2.24, 2.45) is 0 Å². The molecular weight excluding hydrogens is 661 g/mol. The molecule has 0 aliphatic carbocycles. The van der Waals surface area contributed by atoms with Crippen molar-refractivity contribution in [1.82, 2.24) is 19.5 Å². The van der Waals surface area contributed by atoms with Crippen LogP contribution in [0.4, 0.5) is 0 Å². The van der Waals surface area contributed by atoms with Crippen LogP contribution < -0.4 is 0 Å². The molecule has 8 aromatic carbocycles. The highest BCUT2D eigenvalue weighted by Crippen LogP contribution is 2.41. The Morgan fingerprint density at radius 1 is 0.352 bits per heavy atom. The van der Waals surface area contributed by atoms with Gasteiger partial charge in [-0.15, -0.1) is 0 Å². The monoisotopic (exact) mass is 690 g/mol. The summed E-state index contributed by atoms with van der Waals surface area (Å²) in [6, 6.07) is 63.3. The van der Waals surface area contributed by atoms with Gasteiger partial charge < -0.3 is 4.42 Å². The number of hydrogen-bond acceptors (Lipinski definition) is 4. The van der Waals surface area contributed by atoms with Crippen molar-refractivity contribution in [1.29, 1.82) is 0 Å². The molecule has 11 rings (SSSR count). The first-order chi connectivity index (χ1) is 26.8. The fraction of sp³-hybridized carbons (Fsp3) is 0. The van der Waals surface area contributed by atoms with Gasteiger partial charge in [0, 0.05) is 38.2 Å². The van der Waals surface area contributed by atoms with Gasteiger partial charge in [-0.1, -0.05) is 158 Å². The number of nitrogens with zero attached hydrogens (tertiary/aromatic N) is 4. The van der Waals surface area contributed by atoms with E-state index >= 15 is 0 Å². The average molecular weight is 691 g/mol. The Kier molecular flexibility index (Phi) is 6.79. The van der Waals surface area contributed by atoms with Crippen LogP contribution in [0, 0.1) is 0 Å². The Morgan fingerprint density at radius 2 is 0.907 bits per heavy atom. The van der Waals surface area contributed by atoms with Crippen LogP contribution in [0.5, 0.6) is 0 Å². The van der Waals surface area contributed by atoms with Crippen LogP contribution in [-0.2, 0) is 0 Å². The summed E-state index contributed by atoms with van der Waals surface area (Å²) in [5.74, 6) is 1.84. The lowest BCUT2D eigenvalue weighted by Gasteiger charge is -2.13. The van der Waals surface area contributed by atoms with Crippen molar-refractivity contribution in [3.05, 3.63) is 182 Å². The van der Waals surface area contributed by atoms with Crippen molar-refractivity contribution in [2.45, 2.75) is 0 Å². The Morgan fingerprint density at radius 3 is 1.65 bits per heavy atom. The maximum atomic E-state index is 6.48. The second-order valence-electron chi connectivity index (χ2n) is 13.6. The molecule has 0 saturated heterocycles. The predicted molar refractivity (Wildman–Crippen MR) is 221 cm³/mol. The number of furan rings is 1. The minimum atomic E-state index is 0.580. The third kappa shape index (κ3) is 4.76. The van der Waals surface area contributed by atoms with Crippen molar-refractivity contribution in [2.75, 3.05) is 0 Å². The van der Waals surface area contributed by atoms with Crippen molar-refractivity contribution in [3.8, 4) is 51.0 Å². The first-order valence-corrected chi connectivity index (χ1v) is 18.1. The molecule has 0 fully saturated rings. The fourth-order valence-electron chi connectivity index (χ4n) is 8.01. The van der Waals surface area contributed by atoms with Gasteiger partial charge in [0.2, 0.25) is 5.95 Å². The van der Waals surface area contributed by atoms with Gasteiger partial charge in [0.15, 0.2) is 11.6 Å². The van der Waals surface area contributed by atoms with Crippen molar-refractivity contribution in [3.63, 3.8) is 0 Å². The summed E-state index contributed by atoms with van der Waals surface area (Å²) < 4.78 is 8.65. The lowest BCUT2D eigenvalue weighted by molar-refractivity contribution is 0.670. The van der Waals surface area contributed by atoms with E-state index in [0.29, 0.717) is 17.6 Å². The molecule has 0 atom stereocenters. The van der Waals surface area contributed by atoms with Gasteiger partial charge in [-0.25, -0.2) is 4.98 Å². The maximum Gasteiger partial charge on any atom is 0.238 e. The number of hydrogen-bond donors (Lipinski definition) is 0. The first kappa shape index (κ1) is 30.3. The van der Waals surface area contributed by atoms with E-state index in [0.717, 1.165) is 71.6 Å². The molecule has 0 aliphatic heterocycles. The predicted octanol–water partition coefficient (Wildman–Crippen LogP) is 12.7. The lowest BCUT2D eigenvalue weighted by atomic mass is 9.92. The smallest absolute Gasteiger partial charge is 0.238 e. The summed E-state index contributed by atoms with van der Waals surface area (Å²) >= 11 is 0. The highest BCUT2D eigenvalue weighted by molar-refractivity contribution is 6.15. The van der Waals surface area contributed by atoms with Crippen LogP contribution in [0.3, 0.4) is 0 Å². The highest BCUT2D eigenvalue weighted by atomic mass is 16.3. The molecule has 0 aliphatic rings. The second kappa shape index (κ2) is 12.1. The first-order valence-electron chi connectivity index (χ1n) is 18.1. The Bertz CT molecular complexity index is 3160. The zero-order valence-corrected chi connectivity index (χ0v) is 29.0. The van der Waals surface area contributed by atoms with Gasteiger partial charge in [0.25, 0.3) is 0 Å². The van der Waals surface area contributed by atoms with Gasteiger partial charge in [-0.3, -0.25) is 4.57 Å². The van der Waals surface area contributed by atoms with E-state index in [2.05, 4.69) is 114 Å². The summed E-state index contributed by atoms with van der Waals surface area (Å²) in [4.78, 5) is 15.1. The molecule has 0 saturated carbocycles. The van der Waals surface area contributed by atoms with Gasteiger partial charge in [-0.05, 0) is 51.7 Å². The quantitative estimate of drug-likeness (QED) is 0.180. The SMILES string of the molecule is c1ccc(-c2nc(-c3ccccc3)nc(-n3c4ccccc4c4cc(-c5cccc6c(-c7cccc8c7oc7ccccc78)cccc56)ccc43)n2)cc1. The maximum absolute atomic E-state index is 6.48. The topological polar surface area (TPSA) is 56.7 Å². The van der Waals surface area contributed by atoms with Crippen LogP contribution in [0.15, 0.2) is 186 Å². The van der Waals surface area contributed by atoms with Gasteiger partial charge in [0.1, 0.15) is 11.2 Å². The van der Waals surface area contributed by atoms with Gasteiger partial charge in [0.05, 0.1) is 11.0 Å². The molecule has 252 valence electrons. The molecule has 0 radical (unpaired) electrons.